The summed E-state index contributed by atoms with van der Waals surface area (Å²) in [5, 5.41) is 11.3. The topological polar surface area (TPSA) is 76.0 Å². The first-order valence-electron chi connectivity index (χ1n) is 8.69. The van der Waals surface area contributed by atoms with Gasteiger partial charge in [0.1, 0.15) is 5.41 Å². The van der Waals surface area contributed by atoms with E-state index in [2.05, 4.69) is 15.7 Å². The third-order valence-electron chi connectivity index (χ3n) is 5.24. The number of carbonyl (C=O) groups excluding carboxylic acids is 2. The quantitative estimate of drug-likeness (QED) is 0.671. The Morgan fingerprint density at radius 1 is 1.00 bits per heavy atom. The van der Waals surface area contributed by atoms with E-state index in [1.165, 1.54) is 0 Å². The number of rotatable bonds is 2. The van der Waals surface area contributed by atoms with Gasteiger partial charge in [-0.25, -0.2) is 0 Å². The minimum Gasteiger partial charge on any atom is -0.325 e. The van der Waals surface area contributed by atoms with Crippen LogP contribution in [0.25, 0.3) is 0 Å². The van der Waals surface area contributed by atoms with E-state index in [4.69, 9.17) is 23.2 Å². The maximum Gasteiger partial charge on any atom is 0.240 e. The van der Waals surface area contributed by atoms with Crippen LogP contribution in [0.3, 0.4) is 0 Å². The molecule has 2 amide bonds. The van der Waals surface area contributed by atoms with Gasteiger partial charge in [0, 0.05) is 33.9 Å². The van der Waals surface area contributed by atoms with E-state index in [0.717, 1.165) is 5.56 Å². The van der Waals surface area contributed by atoms with Crippen molar-refractivity contribution in [3.63, 3.8) is 0 Å². The zero-order valence-electron chi connectivity index (χ0n) is 14.5. The molecule has 140 valence electrons. The molecule has 1 aromatic heterocycles. The number of nitrogens with one attached hydrogen (secondary N) is 2. The van der Waals surface area contributed by atoms with Gasteiger partial charge in [0.15, 0.2) is 5.82 Å². The van der Waals surface area contributed by atoms with Crippen molar-refractivity contribution in [1.82, 2.24) is 9.78 Å². The summed E-state index contributed by atoms with van der Waals surface area (Å²) in [7, 11) is 0. The smallest absolute Gasteiger partial charge is 0.240 e. The van der Waals surface area contributed by atoms with Crippen LogP contribution in [0.4, 0.5) is 11.5 Å². The number of aromatic nitrogens is 2. The highest BCUT2D eigenvalue weighted by molar-refractivity contribution is 6.31. The molecule has 0 bridgehead atoms. The summed E-state index contributed by atoms with van der Waals surface area (Å²) in [5.74, 6) is -0.104. The number of fused-ring (bicyclic) bond motifs is 4. The molecular weight excluding hydrogens is 399 g/mol. The van der Waals surface area contributed by atoms with Gasteiger partial charge in [0.05, 0.1) is 6.54 Å². The van der Waals surface area contributed by atoms with Crippen LogP contribution in [0.15, 0.2) is 48.7 Å². The molecule has 1 atom stereocenters. The zero-order valence-corrected chi connectivity index (χ0v) is 16.0. The third-order valence-corrected chi connectivity index (χ3v) is 5.73. The summed E-state index contributed by atoms with van der Waals surface area (Å²) in [6.45, 7) is 0.486. The highest BCUT2D eigenvalue weighted by Gasteiger charge is 2.54. The molecule has 28 heavy (non-hydrogen) atoms. The lowest BCUT2D eigenvalue weighted by Crippen LogP contribution is -2.43. The van der Waals surface area contributed by atoms with E-state index in [1.54, 1.807) is 22.9 Å². The van der Waals surface area contributed by atoms with Gasteiger partial charge >= 0.3 is 0 Å². The van der Waals surface area contributed by atoms with Gasteiger partial charge in [-0.15, -0.1) is 0 Å². The highest BCUT2D eigenvalue weighted by Crippen LogP contribution is 2.50. The fraction of sp³-hybridized carbons (Fsp3) is 0.150. The van der Waals surface area contributed by atoms with Crippen LogP contribution in [0.2, 0.25) is 10.0 Å². The molecule has 1 spiro atoms. The van der Waals surface area contributed by atoms with Crippen molar-refractivity contribution in [3.05, 3.63) is 75.4 Å². The second-order valence-electron chi connectivity index (χ2n) is 6.99. The maximum absolute atomic E-state index is 13.0. The normalized spacial score (nSPS) is 19.9. The van der Waals surface area contributed by atoms with Crippen LogP contribution in [-0.2, 0) is 21.5 Å². The molecule has 8 heteroatoms. The molecule has 2 aromatic carbocycles. The first kappa shape index (κ1) is 17.3. The molecule has 0 fully saturated rings. The molecule has 0 radical (unpaired) electrons. The lowest BCUT2D eigenvalue weighted by Gasteiger charge is -2.30. The Balaban J connectivity index is 1.63. The molecule has 2 aliphatic heterocycles. The number of hydrogen-bond donors (Lipinski definition) is 2. The summed E-state index contributed by atoms with van der Waals surface area (Å²) in [6, 6.07) is 12.7. The largest absolute Gasteiger partial charge is 0.325 e. The predicted octanol–water partition coefficient (Wildman–Crippen LogP) is 3.82. The molecule has 1 unspecified atom stereocenters. The Morgan fingerprint density at radius 3 is 2.54 bits per heavy atom. The van der Waals surface area contributed by atoms with Gasteiger partial charge in [-0.2, -0.15) is 5.10 Å². The van der Waals surface area contributed by atoms with Crippen LogP contribution in [0, 0.1) is 0 Å². The summed E-state index contributed by atoms with van der Waals surface area (Å²) in [4.78, 5) is 25.5. The third kappa shape index (κ3) is 2.52. The van der Waals surface area contributed by atoms with Crippen molar-refractivity contribution in [2.24, 2.45) is 0 Å². The molecule has 5 rings (SSSR count). The van der Waals surface area contributed by atoms with Gasteiger partial charge < -0.3 is 10.6 Å². The van der Waals surface area contributed by atoms with Crippen molar-refractivity contribution in [2.45, 2.75) is 18.4 Å². The zero-order chi connectivity index (χ0) is 19.5. The Kier molecular flexibility index (Phi) is 3.76. The Morgan fingerprint density at radius 2 is 1.75 bits per heavy atom. The molecule has 2 N–H and O–H groups in total. The van der Waals surface area contributed by atoms with Crippen LogP contribution in [0.1, 0.15) is 23.1 Å². The predicted molar refractivity (Wildman–Crippen MR) is 107 cm³/mol. The van der Waals surface area contributed by atoms with Crippen LogP contribution in [-0.4, -0.2) is 21.6 Å². The van der Waals surface area contributed by atoms with Crippen LogP contribution < -0.4 is 10.6 Å². The number of hydrogen-bond acceptors (Lipinski definition) is 3. The lowest BCUT2D eigenvalue weighted by molar-refractivity contribution is -0.125. The van der Waals surface area contributed by atoms with Gasteiger partial charge in [-0.1, -0.05) is 35.3 Å². The van der Waals surface area contributed by atoms with Crippen molar-refractivity contribution >= 4 is 46.5 Å². The molecular formula is C20H14Cl2N4O2. The first-order chi connectivity index (χ1) is 13.5. The number of benzene rings is 2. The van der Waals surface area contributed by atoms with Gasteiger partial charge in [-0.05, 0) is 41.5 Å². The monoisotopic (exact) mass is 412 g/mol. The summed E-state index contributed by atoms with van der Waals surface area (Å²) in [6.07, 6.45) is 1.82. The number of carbonyl (C=O) groups is 2. The minimum atomic E-state index is -1.13. The lowest BCUT2D eigenvalue weighted by atomic mass is 9.72. The summed E-state index contributed by atoms with van der Waals surface area (Å²) in [5.41, 5.74) is 1.91. The standard InChI is InChI=1S/C20H14Cl2N4O2/c21-12-3-1-11(2-4-12)9-26-10-15-18(25-26)24-17(27)8-20(15)14-7-13(22)5-6-16(14)23-19(20)28/h1-7,10H,8-9H2,(H,23,28)(H,24,25,27). The van der Waals surface area contributed by atoms with Crippen LogP contribution in [0.5, 0.6) is 0 Å². The highest BCUT2D eigenvalue weighted by atomic mass is 35.5. The SMILES string of the molecule is O=C1CC2(C(=O)Nc3ccc(Cl)cc32)c2cn(Cc3ccc(Cl)cc3)nc2N1. The summed E-state index contributed by atoms with van der Waals surface area (Å²) < 4.78 is 1.72. The Hall–Kier alpha value is -2.83. The van der Waals surface area contributed by atoms with E-state index in [-0.39, 0.29) is 18.2 Å². The van der Waals surface area contributed by atoms with Crippen molar-refractivity contribution in [2.75, 3.05) is 10.6 Å². The fourth-order valence-electron chi connectivity index (χ4n) is 3.97. The fourth-order valence-corrected chi connectivity index (χ4v) is 4.27. The van der Waals surface area contributed by atoms with E-state index < -0.39 is 5.41 Å². The van der Waals surface area contributed by atoms with Crippen LogP contribution >= 0.6 is 23.2 Å². The maximum atomic E-state index is 13.0. The van der Waals surface area contributed by atoms with E-state index >= 15 is 0 Å². The second-order valence-corrected chi connectivity index (χ2v) is 7.86. The van der Waals surface area contributed by atoms with Crippen molar-refractivity contribution in [3.8, 4) is 0 Å². The molecule has 2 aliphatic rings. The Bertz CT molecular complexity index is 1140. The average Bonchev–Trinajstić information content (AvgIpc) is 3.17. The molecule has 3 aromatic rings. The minimum absolute atomic E-state index is 0.00577. The van der Waals surface area contributed by atoms with E-state index in [0.29, 0.717) is 39.2 Å². The van der Waals surface area contributed by atoms with Crippen molar-refractivity contribution in [1.29, 1.82) is 0 Å². The Labute approximate surface area is 170 Å². The number of halogens is 2. The van der Waals surface area contributed by atoms with Gasteiger partial charge in [0.25, 0.3) is 0 Å². The second kappa shape index (κ2) is 6.09. The molecule has 0 aliphatic carbocycles. The average molecular weight is 413 g/mol. The molecule has 0 saturated carbocycles. The number of anilines is 2. The van der Waals surface area contributed by atoms with E-state index in [9.17, 15) is 9.59 Å². The number of amides is 2. The van der Waals surface area contributed by atoms with Crippen molar-refractivity contribution < 1.29 is 9.59 Å². The van der Waals surface area contributed by atoms with Gasteiger partial charge in [0.2, 0.25) is 11.8 Å². The summed E-state index contributed by atoms with van der Waals surface area (Å²) >= 11 is 12.1. The number of nitrogens with zero attached hydrogens (tertiary/aromatic N) is 2. The first-order valence-corrected chi connectivity index (χ1v) is 9.45. The molecule has 3 heterocycles. The molecule has 6 nitrogen and oxygen atoms in total. The molecule has 0 saturated heterocycles. The van der Waals surface area contributed by atoms with E-state index in [1.807, 2.05) is 30.5 Å². The van der Waals surface area contributed by atoms with Gasteiger partial charge in [-0.3, -0.25) is 14.3 Å².